The van der Waals surface area contributed by atoms with Crippen molar-refractivity contribution in [3.05, 3.63) is 130 Å². The molecule has 1 saturated heterocycles. The number of ether oxygens (including phenoxy) is 3. The number of nitrogens with two attached hydrogens (primary N) is 1. The Hall–Kier alpha value is -9.61. The van der Waals surface area contributed by atoms with Gasteiger partial charge in [0.15, 0.2) is 16.9 Å². The van der Waals surface area contributed by atoms with Gasteiger partial charge in [-0.25, -0.2) is 24.4 Å². The number of aromatic nitrogens is 2. The summed E-state index contributed by atoms with van der Waals surface area (Å²) in [6.07, 6.45) is 0.0604. The molecule has 4 saturated carbocycles. The molecule has 4 bridgehead atoms. The van der Waals surface area contributed by atoms with Gasteiger partial charge in [0.2, 0.25) is 17.7 Å². The Morgan fingerprint density at radius 1 is 0.820 bits per heavy atom. The number of pyridine rings is 1. The monoisotopic (exact) mass is 1570 g/mol. The van der Waals surface area contributed by atoms with Gasteiger partial charge >= 0.3 is 18.0 Å². The van der Waals surface area contributed by atoms with E-state index in [1.165, 1.54) is 54.8 Å². The van der Waals surface area contributed by atoms with Gasteiger partial charge in [-0.1, -0.05) is 75.8 Å². The Bertz CT molecular complexity index is 4570. The number of para-hydroxylation sites is 1. The molecule has 0 radical (unpaired) electrons. The summed E-state index contributed by atoms with van der Waals surface area (Å²) in [5, 5.41) is 64.2. The lowest BCUT2D eigenvalue weighted by Gasteiger charge is -2.69. The Balaban J connectivity index is 0.740. The number of imide groups is 1. The van der Waals surface area contributed by atoms with E-state index in [0.717, 1.165) is 50.4 Å². The van der Waals surface area contributed by atoms with Crippen molar-refractivity contribution in [1.29, 1.82) is 0 Å². The van der Waals surface area contributed by atoms with E-state index in [0.29, 0.717) is 97.0 Å². The molecule has 2 aromatic heterocycles. The molecule has 0 spiro atoms. The number of rotatable bonds is 33. The van der Waals surface area contributed by atoms with E-state index in [1.54, 1.807) is 39.0 Å². The highest BCUT2D eigenvalue weighted by Gasteiger charge is 2.66. The fourth-order valence-corrected chi connectivity index (χ4v) is 19.0. The van der Waals surface area contributed by atoms with Gasteiger partial charge in [-0.2, -0.15) is 8.42 Å². The van der Waals surface area contributed by atoms with Crippen LogP contribution in [-0.2, 0) is 79.1 Å². The molecule has 4 aliphatic carbocycles. The fourth-order valence-electron chi connectivity index (χ4n) is 17.7. The Morgan fingerprint density at radius 3 is 2.23 bits per heavy atom. The molecule has 9 atom stereocenters. The van der Waals surface area contributed by atoms with Gasteiger partial charge in [0.05, 0.1) is 34.3 Å². The van der Waals surface area contributed by atoms with Crippen molar-refractivity contribution < 1.29 is 95.9 Å². The standard InChI is InChI=1S/C78H97N11O20S2/c1-44(2)62(85-59(90)17-8-7-11-27-89-60(91)24-25-61(89)92)70(98)81-46(4)68(96)82-50-20-18-49(48(33-50)19-22-56-64(93)65(94)66(95)67(109-56)72(101)102)36-107-74(103)87(30-32-111(104,105)106)29-31-108-78-40-75(5)37-76(6,41-78)39-77(38-75,42-78)43-80-45(3)53(34-79)51-21-23-58(84-63(51)71(99)100)88-28-26-47-13-12-14-52(54(47)35-88)69(97)86-73-83-55-15-9-10-16-57(55)110-73/h9-10,12-16,18,20-21,23-25,33-34,44,46,56,62,64-67,93-95H,7-8,11,17,19,22,26-32,35-43,79H2,1-6H3,(H,81,98)(H,82,96)(H,85,90)(H,99,100)(H,101,102)(H,83,86,97)(H,104,105,106)/b53-34+,80-45?/t46-,56-,62-,64-,65+,66-,67-,75?,76?,77?,78?/m0/s1. The largest absolute Gasteiger partial charge is 0.479 e. The number of hydrogen-bond donors (Lipinski definition) is 11. The molecule has 7 amide bonds. The van der Waals surface area contributed by atoms with E-state index in [9.17, 15) is 81.7 Å². The van der Waals surface area contributed by atoms with Crippen LogP contribution in [0.4, 0.5) is 21.4 Å². The number of allylic oxidation sites excluding steroid dienone is 1. The first-order valence-electron chi connectivity index (χ1n) is 37.3. The fraction of sp³-hybridized carbons (Fsp3) is 0.513. The number of aliphatic carboxylic acids is 1. The molecule has 5 fully saturated rings. The molecular weight excluding hydrogens is 1480 g/mol. The number of nitrogens with zero attached hydrogens (tertiary/aromatic N) is 6. The summed E-state index contributed by atoms with van der Waals surface area (Å²) < 4.78 is 53.9. The number of anilines is 3. The number of unbranched alkanes of at least 4 members (excludes halogenated alkanes) is 2. The average Bonchev–Trinajstić information content (AvgIpc) is 0.922. The molecule has 3 aliphatic heterocycles. The summed E-state index contributed by atoms with van der Waals surface area (Å²) in [4.78, 5) is 136. The number of fused-ring (bicyclic) bond motifs is 2. The van der Waals surface area contributed by atoms with Crippen LogP contribution in [-0.4, -0.2) is 211 Å². The minimum absolute atomic E-state index is 0.0528. The van der Waals surface area contributed by atoms with Crippen molar-refractivity contribution in [2.75, 3.05) is 60.6 Å². The van der Waals surface area contributed by atoms with Crippen LogP contribution < -0.4 is 31.9 Å². The highest BCUT2D eigenvalue weighted by molar-refractivity contribution is 7.85. The molecule has 3 aromatic carbocycles. The van der Waals surface area contributed by atoms with Crippen LogP contribution in [0.3, 0.4) is 0 Å². The number of aromatic carboxylic acids is 1. The molecule has 33 heteroatoms. The van der Waals surface area contributed by atoms with Crippen LogP contribution in [0.1, 0.15) is 161 Å². The van der Waals surface area contributed by atoms with Crippen LogP contribution in [0, 0.1) is 22.2 Å². The maximum Gasteiger partial charge on any atom is 0.410 e. The summed E-state index contributed by atoms with van der Waals surface area (Å²) >= 11 is 1.38. The molecule has 7 aliphatic rings. The van der Waals surface area contributed by atoms with Crippen molar-refractivity contribution in [2.45, 2.75) is 186 Å². The van der Waals surface area contributed by atoms with Crippen LogP contribution >= 0.6 is 11.3 Å². The van der Waals surface area contributed by atoms with Crippen LogP contribution in [0.15, 0.2) is 96.1 Å². The van der Waals surface area contributed by atoms with E-state index in [2.05, 4.69) is 40.1 Å². The molecule has 12 rings (SSSR count). The van der Waals surface area contributed by atoms with Crippen molar-refractivity contribution in [2.24, 2.45) is 32.9 Å². The number of aryl methyl sites for hydroxylation is 1. The van der Waals surface area contributed by atoms with E-state index >= 15 is 0 Å². The van der Waals surface area contributed by atoms with Gasteiger partial charge < -0.3 is 71.2 Å². The SMILES string of the molecule is CC(=NCC12CC3(C)CC(C)(C1)CC(OCCN(CCS(=O)(=O)O)C(=O)OCc1ccc(NC(=O)[C@H](C)NC(=O)[C@@H](NC(=O)CCCCCN4C(=O)C=CC4=O)C(C)C)cc1CC[C@@H]1O[C@H](C(=O)O)[C@@H](O)[C@H](O)[C@H]1O)(C3)C2)/C(=C\N)c1ccc(N2CCc3cccc(C(=O)Nc4nc5ccccc5s4)c3C2)nc1C(=O)O. The number of carboxylic acid groups (broad SMARTS) is 2. The third-order valence-electron chi connectivity index (χ3n) is 21.9. The molecule has 31 nitrogen and oxygen atoms in total. The zero-order valence-electron chi connectivity index (χ0n) is 62.8. The maximum atomic E-state index is 14.3. The first-order valence-corrected chi connectivity index (χ1v) is 39.7. The Kier molecular flexibility index (Phi) is 25.3. The number of hydrogen-bond acceptors (Lipinski definition) is 23. The molecule has 5 aromatic rings. The van der Waals surface area contributed by atoms with Gasteiger partial charge in [0, 0.05) is 92.1 Å². The number of carboxylic acids is 2. The van der Waals surface area contributed by atoms with Crippen molar-refractivity contribution in [3.8, 4) is 0 Å². The van der Waals surface area contributed by atoms with Gasteiger partial charge in [0.25, 0.3) is 27.8 Å². The van der Waals surface area contributed by atoms with Gasteiger partial charge in [-0.15, -0.1) is 0 Å². The summed E-state index contributed by atoms with van der Waals surface area (Å²) in [6.45, 7) is 11.2. The van der Waals surface area contributed by atoms with Crippen molar-refractivity contribution in [3.63, 3.8) is 0 Å². The van der Waals surface area contributed by atoms with Gasteiger partial charge in [-0.05, 0) is 171 Å². The topological polar surface area (TPSA) is 459 Å². The average molecular weight is 1570 g/mol. The predicted octanol–water partition coefficient (Wildman–Crippen LogP) is 6.56. The van der Waals surface area contributed by atoms with E-state index in [4.69, 9.17) is 29.9 Å². The van der Waals surface area contributed by atoms with Gasteiger partial charge in [-0.3, -0.25) is 48.5 Å². The lowest BCUT2D eigenvalue weighted by atomic mass is 9.39. The predicted molar refractivity (Wildman–Crippen MR) is 410 cm³/mol. The third-order valence-corrected chi connectivity index (χ3v) is 23.6. The minimum atomic E-state index is -4.63. The van der Waals surface area contributed by atoms with Crippen molar-refractivity contribution >= 4 is 113 Å². The molecule has 5 heterocycles. The normalized spacial score (nSPS) is 24.8. The molecule has 111 heavy (non-hydrogen) atoms. The van der Waals surface area contributed by atoms with E-state index in [1.807, 2.05) is 41.3 Å². The number of thiazole rings is 1. The number of carbonyl (C=O) groups is 9. The Morgan fingerprint density at radius 2 is 1.55 bits per heavy atom. The number of aliphatic hydroxyl groups excluding tert-OH is 3. The van der Waals surface area contributed by atoms with E-state index < -0.39 is 136 Å². The summed E-state index contributed by atoms with van der Waals surface area (Å²) in [7, 11) is -4.63. The summed E-state index contributed by atoms with van der Waals surface area (Å²) in [6, 6.07) is 18.9. The number of aliphatic imine (C=N–C) groups is 1. The number of aliphatic hydroxyl groups is 3. The van der Waals surface area contributed by atoms with Crippen LogP contribution in [0.5, 0.6) is 0 Å². The summed E-state index contributed by atoms with van der Waals surface area (Å²) in [5.41, 5.74) is 9.60. The highest BCUT2D eigenvalue weighted by Crippen LogP contribution is 2.71. The zero-order valence-corrected chi connectivity index (χ0v) is 64.4. The molecule has 596 valence electrons. The van der Waals surface area contributed by atoms with Gasteiger partial charge in [0.1, 0.15) is 42.8 Å². The first-order chi connectivity index (χ1) is 52.5. The lowest BCUT2D eigenvalue weighted by molar-refractivity contribution is -0.242. The van der Waals surface area contributed by atoms with E-state index in [-0.39, 0.29) is 79.2 Å². The van der Waals surface area contributed by atoms with Crippen molar-refractivity contribution in [1.82, 2.24) is 30.4 Å². The first kappa shape index (κ1) is 82.4. The smallest absolute Gasteiger partial charge is 0.410 e. The van der Waals surface area contributed by atoms with Crippen LogP contribution in [0.2, 0.25) is 0 Å². The number of nitrogens with one attached hydrogen (secondary N) is 4. The second-order valence-corrected chi connectivity index (χ2v) is 34.0. The van der Waals surface area contributed by atoms with Crippen LogP contribution in [0.25, 0.3) is 15.8 Å². The molecule has 2 unspecified atom stereocenters. The lowest BCUT2D eigenvalue weighted by Crippen LogP contribution is -2.64. The molecular formula is C78H97N11O20S2. The third kappa shape index (κ3) is 19.6. The quantitative estimate of drug-likeness (QED) is 0.00916. The number of carbonyl (C=O) groups excluding carboxylic acids is 7. The second-order valence-electron chi connectivity index (χ2n) is 31.4. The Labute approximate surface area is 646 Å². The highest BCUT2D eigenvalue weighted by atomic mass is 32.2. The second kappa shape index (κ2) is 34.2. The number of amides is 7. The number of benzene rings is 3. The molecule has 12 N–H and O–H groups in total. The summed E-state index contributed by atoms with van der Waals surface area (Å²) in [5.74, 6) is -6.62. The maximum absolute atomic E-state index is 14.3. The zero-order chi connectivity index (χ0) is 80.1. The minimum Gasteiger partial charge on any atom is -0.479 e.